The third-order valence-corrected chi connectivity index (χ3v) is 4.67. The molecule has 1 aromatic carbocycles. The second kappa shape index (κ2) is 8.25. The third kappa shape index (κ3) is 4.66. The highest BCUT2D eigenvalue weighted by Gasteiger charge is 2.19. The van der Waals surface area contributed by atoms with E-state index in [1.165, 1.54) is 0 Å². The molecule has 0 amide bonds. The molecule has 6 heteroatoms. The van der Waals surface area contributed by atoms with E-state index >= 15 is 0 Å². The lowest BCUT2D eigenvalue weighted by molar-refractivity contribution is 0.128. The van der Waals surface area contributed by atoms with Crippen molar-refractivity contribution in [2.45, 2.75) is 45.7 Å². The van der Waals surface area contributed by atoms with Gasteiger partial charge in [-0.1, -0.05) is 32.1 Å². The van der Waals surface area contributed by atoms with Gasteiger partial charge in [-0.15, -0.1) is 0 Å². The standard InChI is InChI=1S/C19H26F2N4/c1-11-5-4-6-16(23)14-8-7-12(2)15(9-14)18(25-19(20)21)17(10-22)24-13(11)3/h7-11,16,19,22,24-25H,3-6,23H2,1-2H3/b18-17+,22-10?. The van der Waals surface area contributed by atoms with Crippen molar-refractivity contribution in [1.29, 1.82) is 5.41 Å². The second-order valence-corrected chi connectivity index (χ2v) is 6.54. The van der Waals surface area contributed by atoms with E-state index in [4.69, 9.17) is 11.1 Å². The molecule has 2 atom stereocenters. The number of benzene rings is 1. The molecule has 0 fully saturated rings. The number of hydrogen-bond donors (Lipinski definition) is 4. The number of rotatable bonds is 3. The van der Waals surface area contributed by atoms with Crippen molar-refractivity contribution in [2.75, 3.05) is 0 Å². The minimum atomic E-state index is -2.75. The largest absolute Gasteiger partial charge is 0.356 e. The Morgan fingerprint density at radius 2 is 2.12 bits per heavy atom. The van der Waals surface area contributed by atoms with Crippen LogP contribution in [0.3, 0.4) is 0 Å². The quantitative estimate of drug-likeness (QED) is 0.492. The fourth-order valence-corrected chi connectivity index (χ4v) is 3.00. The summed E-state index contributed by atoms with van der Waals surface area (Å²) in [5.74, 6) is 0.147. The van der Waals surface area contributed by atoms with E-state index in [-0.39, 0.29) is 23.4 Å². The van der Waals surface area contributed by atoms with Gasteiger partial charge in [0.2, 0.25) is 0 Å². The number of allylic oxidation sites excluding steroid dienone is 2. The molecule has 4 nitrogen and oxygen atoms in total. The molecule has 2 unspecified atom stereocenters. The van der Waals surface area contributed by atoms with Crippen LogP contribution in [-0.2, 0) is 0 Å². The summed E-state index contributed by atoms with van der Waals surface area (Å²) in [6, 6.07) is 5.50. The monoisotopic (exact) mass is 348 g/mol. The van der Waals surface area contributed by atoms with Crippen LogP contribution < -0.4 is 16.4 Å². The molecule has 1 heterocycles. The van der Waals surface area contributed by atoms with Crippen LogP contribution in [0.25, 0.3) is 5.70 Å². The molecule has 0 aliphatic carbocycles. The molecular weight excluding hydrogens is 322 g/mol. The molecule has 0 spiro atoms. The number of fused-ring (bicyclic) bond motifs is 2. The summed E-state index contributed by atoms with van der Waals surface area (Å²) in [4.78, 5) is 0. The maximum atomic E-state index is 13.1. The molecule has 1 aliphatic heterocycles. The Bertz CT molecular complexity index is 682. The second-order valence-electron chi connectivity index (χ2n) is 6.54. The lowest BCUT2D eigenvalue weighted by Crippen LogP contribution is -2.28. The first kappa shape index (κ1) is 19.1. The van der Waals surface area contributed by atoms with Crippen LogP contribution in [0, 0.1) is 18.3 Å². The summed E-state index contributed by atoms with van der Waals surface area (Å²) in [6.45, 7) is 5.14. The first-order valence-electron chi connectivity index (χ1n) is 8.45. The molecule has 25 heavy (non-hydrogen) atoms. The summed E-state index contributed by atoms with van der Waals surface area (Å²) < 4.78 is 26.3. The van der Waals surface area contributed by atoms with Crippen LogP contribution in [0.15, 0.2) is 36.2 Å². The molecular formula is C19H26F2N4. The Morgan fingerprint density at radius 1 is 1.40 bits per heavy atom. The van der Waals surface area contributed by atoms with Crippen LogP contribution in [0.5, 0.6) is 0 Å². The van der Waals surface area contributed by atoms with Gasteiger partial charge in [0.05, 0.1) is 11.4 Å². The van der Waals surface area contributed by atoms with Gasteiger partial charge >= 0.3 is 6.55 Å². The average molecular weight is 348 g/mol. The van der Waals surface area contributed by atoms with Crippen molar-refractivity contribution in [3.63, 3.8) is 0 Å². The normalized spacial score (nSPS) is 25.0. The van der Waals surface area contributed by atoms with Crippen LogP contribution in [0.2, 0.25) is 0 Å². The molecule has 2 bridgehead atoms. The van der Waals surface area contributed by atoms with Gasteiger partial charge in [-0.2, -0.15) is 8.78 Å². The van der Waals surface area contributed by atoms with Crippen molar-refractivity contribution >= 4 is 11.9 Å². The Hall–Kier alpha value is -2.21. The van der Waals surface area contributed by atoms with Gasteiger partial charge in [-0.25, -0.2) is 0 Å². The van der Waals surface area contributed by atoms with E-state index in [9.17, 15) is 8.78 Å². The fourth-order valence-electron chi connectivity index (χ4n) is 3.00. The van der Waals surface area contributed by atoms with Crippen molar-refractivity contribution in [3.05, 3.63) is 52.9 Å². The number of nitrogens with two attached hydrogens (primary N) is 1. The molecule has 0 aromatic heterocycles. The molecule has 0 saturated carbocycles. The zero-order valence-electron chi connectivity index (χ0n) is 14.7. The molecule has 5 N–H and O–H groups in total. The Kier molecular flexibility index (Phi) is 6.31. The number of halogens is 2. The van der Waals surface area contributed by atoms with E-state index in [2.05, 4.69) is 17.2 Å². The van der Waals surface area contributed by atoms with Gasteiger partial charge in [0, 0.05) is 23.5 Å². The molecule has 0 saturated heterocycles. The Balaban J connectivity index is 2.64. The van der Waals surface area contributed by atoms with E-state index in [0.717, 1.165) is 36.6 Å². The topological polar surface area (TPSA) is 73.9 Å². The Morgan fingerprint density at radius 3 is 2.76 bits per heavy atom. The molecule has 1 aliphatic rings. The predicted octanol–water partition coefficient (Wildman–Crippen LogP) is 4.05. The molecule has 2 rings (SSSR count). The summed E-state index contributed by atoms with van der Waals surface area (Å²) in [6.07, 6.45) is 3.69. The number of hydrogen-bond acceptors (Lipinski definition) is 4. The van der Waals surface area contributed by atoms with Gasteiger partial charge in [0.15, 0.2) is 0 Å². The van der Waals surface area contributed by atoms with E-state index in [0.29, 0.717) is 11.3 Å². The zero-order chi connectivity index (χ0) is 18.6. The van der Waals surface area contributed by atoms with Crippen LogP contribution >= 0.6 is 0 Å². The van der Waals surface area contributed by atoms with Crippen LogP contribution in [0.1, 0.15) is 48.9 Å². The minimum absolute atomic E-state index is 0.147. The first-order chi connectivity index (χ1) is 11.8. The minimum Gasteiger partial charge on any atom is -0.356 e. The number of alkyl halides is 2. The maximum Gasteiger partial charge on any atom is 0.313 e. The lowest BCUT2D eigenvalue weighted by atomic mass is 9.92. The molecule has 1 aromatic rings. The van der Waals surface area contributed by atoms with Gasteiger partial charge in [0.25, 0.3) is 0 Å². The van der Waals surface area contributed by atoms with Crippen LogP contribution in [0.4, 0.5) is 8.78 Å². The van der Waals surface area contributed by atoms with Crippen molar-refractivity contribution in [2.24, 2.45) is 11.7 Å². The van der Waals surface area contributed by atoms with E-state index in [1.54, 1.807) is 0 Å². The summed E-state index contributed by atoms with van der Waals surface area (Å²) in [7, 11) is 0. The van der Waals surface area contributed by atoms with E-state index in [1.807, 2.05) is 32.0 Å². The highest BCUT2D eigenvalue weighted by atomic mass is 19.3. The van der Waals surface area contributed by atoms with Gasteiger partial charge in [-0.3, -0.25) is 0 Å². The van der Waals surface area contributed by atoms with Crippen LogP contribution in [-0.4, -0.2) is 12.8 Å². The van der Waals surface area contributed by atoms with Gasteiger partial charge in [0.1, 0.15) is 0 Å². The number of aryl methyl sites for hydroxylation is 1. The summed E-state index contributed by atoms with van der Waals surface area (Å²) >= 11 is 0. The summed E-state index contributed by atoms with van der Waals surface area (Å²) in [5, 5.41) is 12.9. The van der Waals surface area contributed by atoms with Crippen molar-refractivity contribution in [3.8, 4) is 0 Å². The maximum absolute atomic E-state index is 13.1. The highest BCUT2D eigenvalue weighted by molar-refractivity contribution is 5.89. The van der Waals surface area contributed by atoms with E-state index < -0.39 is 6.55 Å². The first-order valence-corrected chi connectivity index (χ1v) is 8.45. The van der Waals surface area contributed by atoms with Crippen molar-refractivity contribution < 1.29 is 8.78 Å². The average Bonchev–Trinajstić information content (AvgIpc) is 2.57. The van der Waals surface area contributed by atoms with Crippen molar-refractivity contribution in [1.82, 2.24) is 10.6 Å². The predicted molar refractivity (Wildman–Crippen MR) is 98.2 cm³/mol. The fraction of sp³-hybridized carbons (Fsp3) is 0.421. The highest BCUT2D eigenvalue weighted by Crippen LogP contribution is 2.28. The smallest absolute Gasteiger partial charge is 0.313 e. The lowest BCUT2D eigenvalue weighted by Gasteiger charge is -2.24. The van der Waals surface area contributed by atoms with Gasteiger partial charge in [-0.05, 0) is 42.9 Å². The molecule has 136 valence electrons. The number of nitrogens with one attached hydrogen (secondary N) is 3. The summed E-state index contributed by atoms with van der Waals surface area (Å²) in [5.41, 5.74) is 9.80. The third-order valence-electron chi connectivity index (χ3n) is 4.67. The SMILES string of the molecule is C=C1N/C(C=N)=C(/NC(F)F)c2cc(ccc2C)C(N)CCCC1C. The Labute approximate surface area is 147 Å². The molecule has 0 radical (unpaired) electrons. The van der Waals surface area contributed by atoms with Gasteiger partial charge < -0.3 is 21.8 Å². The zero-order valence-corrected chi connectivity index (χ0v) is 14.7.